The molecule has 0 heterocycles. The number of nitrogens with one attached hydrogen (secondary N) is 1. The van der Waals surface area contributed by atoms with Crippen molar-refractivity contribution in [1.29, 1.82) is 0 Å². The predicted molar refractivity (Wildman–Crippen MR) is 51.8 cm³/mol. The Hall–Kier alpha value is -0.640. The lowest BCUT2D eigenvalue weighted by molar-refractivity contribution is -0.120. The minimum absolute atomic E-state index is 0.0596. The number of hydrogen-bond donors (Lipinski definition) is 2. The lowest BCUT2D eigenvalue weighted by Crippen LogP contribution is -2.31. The zero-order chi connectivity index (χ0) is 9.19. The normalized spacial score (nSPS) is 18.4. The fourth-order valence-corrected chi connectivity index (χ4v) is 1.05. The van der Waals surface area contributed by atoms with Crippen molar-refractivity contribution in [1.82, 2.24) is 5.32 Å². The van der Waals surface area contributed by atoms with Gasteiger partial charge in [-0.05, 0) is 18.3 Å². The van der Waals surface area contributed by atoms with E-state index in [-0.39, 0.29) is 17.3 Å². The van der Waals surface area contributed by atoms with Gasteiger partial charge in [-0.2, -0.15) is 0 Å². The molecule has 12 heavy (non-hydrogen) atoms. The van der Waals surface area contributed by atoms with Gasteiger partial charge < -0.3 is 11.1 Å². The van der Waals surface area contributed by atoms with E-state index < -0.39 is 0 Å². The first kappa shape index (κ1) is 9.45. The minimum atomic E-state index is -0.0596. The first-order valence-corrected chi connectivity index (χ1v) is 4.48. The van der Waals surface area contributed by atoms with E-state index in [2.05, 4.69) is 24.5 Å². The van der Waals surface area contributed by atoms with Crippen molar-refractivity contribution in [2.24, 2.45) is 11.1 Å². The highest BCUT2D eigenvalue weighted by molar-refractivity contribution is 7.80. The Morgan fingerprint density at radius 3 is 2.67 bits per heavy atom. The summed E-state index contributed by atoms with van der Waals surface area (Å²) in [5, 5.41) is 2.81. The molecule has 68 valence electrons. The SMILES string of the molecule is CC1(CNC(=O)CC(N)=S)CC1. The number of rotatable bonds is 4. The third-order valence-electron chi connectivity index (χ3n) is 2.15. The molecule has 0 bridgehead atoms. The summed E-state index contributed by atoms with van der Waals surface area (Å²) in [6.07, 6.45) is 2.59. The van der Waals surface area contributed by atoms with Gasteiger partial charge in [0.25, 0.3) is 0 Å². The Balaban J connectivity index is 2.14. The zero-order valence-corrected chi connectivity index (χ0v) is 8.04. The average Bonchev–Trinajstić information content (AvgIpc) is 2.64. The van der Waals surface area contributed by atoms with Gasteiger partial charge in [0.1, 0.15) is 0 Å². The summed E-state index contributed by atoms with van der Waals surface area (Å²) in [4.78, 5) is 11.3. The first-order valence-electron chi connectivity index (χ1n) is 4.07. The van der Waals surface area contributed by atoms with Crippen LogP contribution in [-0.2, 0) is 4.79 Å². The molecule has 0 aromatic heterocycles. The third kappa shape index (κ3) is 3.17. The van der Waals surface area contributed by atoms with E-state index in [1.54, 1.807) is 0 Å². The van der Waals surface area contributed by atoms with Crippen LogP contribution >= 0.6 is 12.2 Å². The van der Waals surface area contributed by atoms with Gasteiger partial charge >= 0.3 is 0 Å². The second-order valence-corrected chi connectivity index (χ2v) is 4.25. The molecule has 1 aliphatic carbocycles. The molecule has 0 radical (unpaired) electrons. The van der Waals surface area contributed by atoms with Crippen molar-refractivity contribution in [3.05, 3.63) is 0 Å². The molecule has 0 unspecified atom stereocenters. The zero-order valence-electron chi connectivity index (χ0n) is 7.22. The summed E-state index contributed by atoms with van der Waals surface area (Å²) in [5.74, 6) is -0.0596. The van der Waals surface area contributed by atoms with Gasteiger partial charge in [0.05, 0.1) is 11.4 Å². The van der Waals surface area contributed by atoms with Gasteiger partial charge in [0.2, 0.25) is 5.91 Å². The number of hydrogen-bond acceptors (Lipinski definition) is 2. The molecule has 4 heteroatoms. The Bertz CT molecular complexity index is 211. The van der Waals surface area contributed by atoms with Crippen molar-refractivity contribution in [2.75, 3.05) is 6.54 Å². The standard InChI is InChI=1S/C8H14N2OS/c1-8(2-3-8)5-10-7(11)4-6(9)12/h2-5H2,1H3,(H2,9,12)(H,10,11). The van der Waals surface area contributed by atoms with Gasteiger partial charge in [-0.1, -0.05) is 19.1 Å². The minimum Gasteiger partial charge on any atom is -0.393 e. The van der Waals surface area contributed by atoms with Crippen LogP contribution in [0.2, 0.25) is 0 Å². The molecule has 0 spiro atoms. The second kappa shape index (κ2) is 3.39. The molecule has 1 rings (SSSR count). The van der Waals surface area contributed by atoms with E-state index in [1.165, 1.54) is 12.8 Å². The van der Waals surface area contributed by atoms with Crippen LogP contribution in [0.5, 0.6) is 0 Å². The fourth-order valence-electron chi connectivity index (χ4n) is 0.923. The molecule has 0 aromatic rings. The molecule has 1 fully saturated rings. The van der Waals surface area contributed by atoms with E-state index in [0.717, 1.165) is 6.54 Å². The van der Waals surface area contributed by atoms with Crippen LogP contribution < -0.4 is 11.1 Å². The summed E-state index contributed by atoms with van der Waals surface area (Å²) in [5.41, 5.74) is 5.57. The topological polar surface area (TPSA) is 55.1 Å². The maximum absolute atomic E-state index is 11.0. The third-order valence-corrected chi connectivity index (χ3v) is 2.30. The Morgan fingerprint density at radius 2 is 2.25 bits per heavy atom. The van der Waals surface area contributed by atoms with Crippen molar-refractivity contribution >= 4 is 23.1 Å². The van der Waals surface area contributed by atoms with Crippen molar-refractivity contribution in [3.63, 3.8) is 0 Å². The fraction of sp³-hybridized carbons (Fsp3) is 0.750. The van der Waals surface area contributed by atoms with Gasteiger partial charge in [-0.3, -0.25) is 4.79 Å². The van der Waals surface area contributed by atoms with E-state index in [4.69, 9.17) is 5.73 Å². The lowest BCUT2D eigenvalue weighted by Gasteiger charge is -2.09. The molecule has 0 saturated heterocycles. The molecule has 0 aliphatic heterocycles. The molecule has 1 aliphatic rings. The van der Waals surface area contributed by atoms with E-state index >= 15 is 0 Å². The number of carbonyl (C=O) groups excluding carboxylic acids is 1. The Morgan fingerprint density at radius 1 is 1.67 bits per heavy atom. The first-order chi connectivity index (χ1) is 5.52. The average molecular weight is 186 g/mol. The van der Waals surface area contributed by atoms with Crippen LogP contribution in [0, 0.1) is 5.41 Å². The highest BCUT2D eigenvalue weighted by atomic mass is 32.1. The summed E-state index contributed by atoms with van der Waals surface area (Å²) in [6.45, 7) is 2.92. The highest BCUT2D eigenvalue weighted by Gasteiger charge is 2.37. The highest BCUT2D eigenvalue weighted by Crippen LogP contribution is 2.43. The maximum Gasteiger partial charge on any atom is 0.226 e. The summed E-state index contributed by atoms with van der Waals surface area (Å²) in [6, 6.07) is 0. The predicted octanol–water partition coefficient (Wildman–Crippen LogP) is 0.579. The quantitative estimate of drug-likeness (QED) is 0.631. The second-order valence-electron chi connectivity index (χ2n) is 3.73. The molecule has 3 N–H and O–H groups in total. The summed E-state index contributed by atoms with van der Waals surface area (Å²) < 4.78 is 0. The van der Waals surface area contributed by atoms with Gasteiger partial charge in [-0.25, -0.2) is 0 Å². The van der Waals surface area contributed by atoms with E-state index in [0.29, 0.717) is 5.41 Å². The van der Waals surface area contributed by atoms with E-state index in [1.807, 2.05) is 0 Å². The van der Waals surface area contributed by atoms with Gasteiger partial charge in [0.15, 0.2) is 0 Å². The largest absolute Gasteiger partial charge is 0.393 e. The molecular weight excluding hydrogens is 172 g/mol. The van der Waals surface area contributed by atoms with Crippen LogP contribution in [0.15, 0.2) is 0 Å². The number of nitrogens with two attached hydrogens (primary N) is 1. The Labute approximate surface area is 77.7 Å². The van der Waals surface area contributed by atoms with Crippen molar-refractivity contribution < 1.29 is 4.79 Å². The van der Waals surface area contributed by atoms with Crippen LogP contribution in [0.3, 0.4) is 0 Å². The molecule has 1 amide bonds. The number of carbonyl (C=O) groups is 1. The van der Waals surface area contributed by atoms with Crippen LogP contribution in [0.1, 0.15) is 26.2 Å². The molecular formula is C8H14N2OS. The summed E-state index contributed by atoms with van der Waals surface area (Å²) in [7, 11) is 0. The van der Waals surface area contributed by atoms with Crippen LogP contribution in [0.25, 0.3) is 0 Å². The van der Waals surface area contributed by atoms with Crippen LogP contribution in [0.4, 0.5) is 0 Å². The number of thiocarbonyl (C=S) groups is 1. The van der Waals surface area contributed by atoms with Gasteiger partial charge in [-0.15, -0.1) is 0 Å². The maximum atomic E-state index is 11.0. The molecule has 0 aromatic carbocycles. The van der Waals surface area contributed by atoms with Crippen molar-refractivity contribution in [3.8, 4) is 0 Å². The van der Waals surface area contributed by atoms with E-state index in [9.17, 15) is 4.79 Å². The van der Waals surface area contributed by atoms with Crippen molar-refractivity contribution in [2.45, 2.75) is 26.2 Å². The molecule has 0 atom stereocenters. The van der Waals surface area contributed by atoms with Crippen LogP contribution in [-0.4, -0.2) is 17.4 Å². The smallest absolute Gasteiger partial charge is 0.226 e. The lowest BCUT2D eigenvalue weighted by atomic mass is 10.1. The molecule has 3 nitrogen and oxygen atoms in total. The Kier molecular flexibility index (Phi) is 2.67. The summed E-state index contributed by atoms with van der Waals surface area (Å²) >= 11 is 4.61. The van der Waals surface area contributed by atoms with Gasteiger partial charge in [0, 0.05) is 6.54 Å². The monoisotopic (exact) mass is 186 g/mol. The number of amides is 1. The molecule has 1 saturated carbocycles.